The maximum atomic E-state index is 6.43. The van der Waals surface area contributed by atoms with E-state index in [0.717, 1.165) is 25.0 Å². The van der Waals surface area contributed by atoms with E-state index >= 15 is 0 Å². The summed E-state index contributed by atoms with van der Waals surface area (Å²) in [5.74, 6) is 0. The van der Waals surface area contributed by atoms with Crippen molar-refractivity contribution in [2.45, 2.75) is 45.1 Å². The van der Waals surface area contributed by atoms with Crippen molar-refractivity contribution >= 4 is 0 Å². The van der Waals surface area contributed by atoms with Gasteiger partial charge in [0, 0.05) is 23.9 Å². The molecule has 2 N–H and O–H groups in total. The highest BCUT2D eigenvalue weighted by Gasteiger charge is 2.40. The van der Waals surface area contributed by atoms with Crippen LogP contribution in [0.1, 0.15) is 38.8 Å². The van der Waals surface area contributed by atoms with Crippen LogP contribution in [0.2, 0.25) is 0 Å². The Hall–Kier alpha value is -0.890. The van der Waals surface area contributed by atoms with Gasteiger partial charge in [-0.25, -0.2) is 0 Å². The molecule has 1 aromatic rings. The zero-order valence-corrected chi connectivity index (χ0v) is 9.66. The predicted octanol–water partition coefficient (Wildman–Crippen LogP) is 2.53. The van der Waals surface area contributed by atoms with Crippen LogP contribution in [0.4, 0.5) is 0 Å². The Morgan fingerprint density at radius 3 is 2.67 bits per heavy atom. The zero-order chi connectivity index (χ0) is 10.9. The molecule has 1 saturated carbocycles. The smallest absolute Gasteiger partial charge is 0.0421 e. The highest BCUT2D eigenvalue weighted by Crippen LogP contribution is 2.43. The fourth-order valence-electron chi connectivity index (χ4n) is 2.73. The first-order valence-electron chi connectivity index (χ1n) is 5.68. The molecule has 1 aromatic heterocycles. The minimum atomic E-state index is -0.0299. The fraction of sp³-hybridized carbons (Fsp3) is 0.615. The predicted molar refractivity (Wildman–Crippen MR) is 62.5 cm³/mol. The van der Waals surface area contributed by atoms with Gasteiger partial charge in [-0.15, -0.1) is 0 Å². The molecule has 82 valence electrons. The van der Waals surface area contributed by atoms with E-state index in [-0.39, 0.29) is 5.54 Å². The highest BCUT2D eigenvalue weighted by atomic mass is 14.8. The molecule has 2 rings (SSSR count). The molecule has 0 saturated heterocycles. The monoisotopic (exact) mass is 204 g/mol. The number of rotatable bonds is 2. The molecule has 0 radical (unpaired) electrons. The lowest BCUT2D eigenvalue weighted by Gasteiger charge is -2.26. The van der Waals surface area contributed by atoms with Crippen molar-refractivity contribution in [3.8, 4) is 0 Å². The van der Waals surface area contributed by atoms with Gasteiger partial charge >= 0.3 is 0 Å². The lowest BCUT2D eigenvalue weighted by Crippen LogP contribution is -2.40. The van der Waals surface area contributed by atoms with Crippen LogP contribution in [0.15, 0.2) is 24.4 Å². The Morgan fingerprint density at radius 2 is 2.13 bits per heavy atom. The molecule has 1 aliphatic rings. The number of nitrogens with zero attached hydrogens (tertiary/aromatic N) is 1. The van der Waals surface area contributed by atoms with Crippen molar-refractivity contribution in [1.29, 1.82) is 0 Å². The Labute approximate surface area is 91.9 Å². The van der Waals surface area contributed by atoms with Crippen LogP contribution in [-0.2, 0) is 6.42 Å². The van der Waals surface area contributed by atoms with Crippen molar-refractivity contribution < 1.29 is 0 Å². The Bertz CT molecular complexity index is 332. The van der Waals surface area contributed by atoms with E-state index in [1.807, 2.05) is 18.3 Å². The maximum absolute atomic E-state index is 6.43. The third-order valence-electron chi connectivity index (χ3n) is 3.39. The molecule has 0 spiro atoms. The molecule has 1 aliphatic carbocycles. The Kier molecular flexibility index (Phi) is 2.55. The summed E-state index contributed by atoms with van der Waals surface area (Å²) in [7, 11) is 0. The first-order chi connectivity index (χ1) is 6.99. The van der Waals surface area contributed by atoms with Gasteiger partial charge in [0.2, 0.25) is 0 Å². The van der Waals surface area contributed by atoms with Crippen LogP contribution in [0.3, 0.4) is 0 Å². The summed E-state index contributed by atoms with van der Waals surface area (Å²) in [5.41, 5.74) is 7.93. The number of aromatic nitrogens is 1. The van der Waals surface area contributed by atoms with Crippen LogP contribution >= 0.6 is 0 Å². The first-order valence-corrected chi connectivity index (χ1v) is 5.68. The van der Waals surface area contributed by atoms with E-state index in [1.54, 1.807) is 0 Å². The van der Waals surface area contributed by atoms with E-state index in [0.29, 0.717) is 5.41 Å². The quantitative estimate of drug-likeness (QED) is 0.804. The summed E-state index contributed by atoms with van der Waals surface area (Å²) in [6, 6.07) is 6.05. The van der Waals surface area contributed by atoms with Gasteiger partial charge in [0.1, 0.15) is 0 Å². The summed E-state index contributed by atoms with van der Waals surface area (Å²) in [6.07, 6.45) is 6.22. The van der Waals surface area contributed by atoms with Gasteiger partial charge in [-0.3, -0.25) is 4.98 Å². The Balaban J connectivity index is 2.07. The number of hydrogen-bond acceptors (Lipinski definition) is 2. The summed E-state index contributed by atoms with van der Waals surface area (Å²) >= 11 is 0. The maximum Gasteiger partial charge on any atom is 0.0421 e. The van der Waals surface area contributed by atoms with Gasteiger partial charge < -0.3 is 5.73 Å². The second-order valence-electron chi connectivity index (χ2n) is 5.70. The third kappa shape index (κ3) is 2.57. The third-order valence-corrected chi connectivity index (χ3v) is 3.39. The SMILES string of the molecule is CC1(C)CCC(N)(Cc2ccccn2)C1. The normalized spacial score (nSPS) is 29.3. The van der Waals surface area contributed by atoms with Crippen molar-refractivity contribution in [1.82, 2.24) is 4.98 Å². The summed E-state index contributed by atoms with van der Waals surface area (Å²) in [6.45, 7) is 4.61. The molecule has 2 heteroatoms. The molecule has 2 nitrogen and oxygen atoms in total. The van der Waals surface area contributed by atoms with Gasteiger partial charge in [-0.1, -0.05) is 19.9 Å². The standard InChI is InChI=1S/C13H20N2/c1-12(2)6-7-13(14,10-12)9-11-5-3-4-8-15-11/h3-5,8H,6-7,9-10,14H2,1-2H3. The van der Waals surface area contributed by atoms with Crippen LogP contribution in [-0.4, -0.2) is 10.5 Å². The molecule has 1 atom stereocenters. The van der Waals surface area contributed by atoms with Crippen LogP contribution in [0.25, 0.3) is 0 Å². The highest BCUT2D eigenvalue weighted by molar-refractivity contribution is 5.11. The molecule has 1 unspecified atom stereocenters. The molecule has 15 heavy (non-hydrogen) atoms. The minimum absolute atomic E-state index is 0.0299. The lowest BCUT2D eigenvalue weighted by molar-refractivity contribution is 0.333. The van der Waals surface area contributed by atoms with E-state index in [2.05, 4.69) is 24.9 Å². The van der Waals surface area contributed by atoms with Crippen molar-refractivity contribution in [3.05, 3.63) is 30.1 Å². The largest absolute Gasteiger partial charge is 0.325 e. The van der Waals surface area contributed by atoms with Crippen LogP contribution in [0.5, 0.6) is 0 Å². The van der Waals surface area contributed by atoms with Gasteiger partial charge in [-0.2, -0.15) is 0 Å². The molecule has 1 heterocycles. The lowest BCUT2D eigenvalue weighted by atomic mass is 9.86. The second-order valence-corrected chi connectivity index (χ2v) is 5.70. The van der Waals surface area contributed by atoms with Gasteiger partial charge in [0.05, 0.1) is 0 Å². The van der Waals surface area contributed by atoms with Crippen molar-refractivity contribution in [2.24, 2.45) is 11.1 Å². The van der Waals surface area contributed by atoms with E-state index in [9.17, 15) is 0 Å². The van der Waals surface area contributed by atoms with Gasteiger partial charge in [-0.05, 0) is 36.8 Å². The average Bonchev–Trinajstić information content (AvgIpc) is 2.42. The zero-order valence-electron chi connectivity index (χ0n) is 9.66. The molecule has 0 amide bonds. The summed E-state index contributed by atoms with van der Waals surface area (Å²) in [5, 5.41) is 0. The molecular weight excluding hydrogens is 184 g/mol. The van der Waals surface area contributed by atoms with E-state index < -0.39 is 0 Å². The van der Waals surface area contributed by atoms with E-state index in [1.165, 1.54) is 6.42 Å². The molecule has 0 aliphatic heterocycles. The van der Waals surface area contributed by atoms with E-state index in [4.69, 9.17) is 5.73 Å². The molecule has 0 aromatic carbocycles. The van der Waals surface area contributed by atoms with Crippen LogP contribution < -0.4 is 5.73 Å². The molecule has 0 bridgehead atoms. The number of hydrogen-bond donors (Lipinski definition) is 1. The summed E-state index contributed by atoms with van der Waals surface area (Å²) in [4.78, 5) is 4.36. The summed E-state index contributed by atoms with van der Waals surface area (Å²) < 4.78 is 0. The topological polar surface area (TPSA) is 38.9 Å². The average molecular weight is 204 g/mol. The molecule has 1 fully saturated rings. The molecular formula is C13H20N2. The first kappa shape index (κ1) is 10.6. The van der Waals surface area contributed by atoms with Gasteiger partial charge in [0.25, 0.3) is 0 Å². The number of pyridine rings is 1. The van der Waals surface area contributed by atoms with Crippen molar-refractivity contribution in [3.63, 3.8) is 0 Å². The second kappa shape index (κ2) is 3.60. The van der Waals surface area contributed by atoms with Crippen molar-refractivity contribution in [2.75, 3.05) is 0 Å². The fourth-order valence-corrected chi connectivity index (χ4v) is 2.73. The van der Waals surface area contributed by atoms with Gasteiger partial charge in [0.15, 0.2) is 0 Å². The Morgan fingerprint density at radius 1 is 1.33 bits per heavy atom. The minimum Gasteiger partial charge on any atom is -0.325 e. The van der Waals surface area contributed by atoms with Crippen LogP contribution in [0, 0.1) is 5.41 Å². The number of nitrogens with two attached hydrogens (primary N) is 1.